The number of halogens is 1. The van der Waals surface area contributed by atoms with E-state index in [0.29, 0.717) is 16.8 Å². The molecule has 0 saturated carbocycles. The van der Waals surface area contributed by atoms with Crippen molar-refractivity contribution in [1.82, 2.24) is 4.98 Å². The zero-order valence-corrected chi connectivity index (χ0v) is 17.1. The number of carbonyl (C=O) groups excluding carboxylic acids is 2. The van der Waals surface area contributed by atoms with Gasteiger partial charge in [0, 0.05) is 23.6 Å². The van der Waals surface area contributed by atoms with E-state index in [-0.39, 0.29) is 27.9 Å². The number of para-hydroxylation sites is 1. The van der Waals surface area contributed by atoms with Gasteiger partial charge in [-0.3, -0.25) is 19.5 Å². The van der Waals surface area contributed by atoms with Crippen molar-refractivity contribution in [2.24, 2.45) is 0 Å². The second-order valence-electron chi connectivity index (χ2n) is 6.79. The number of aliphatic hydroxyl groups excluding tert-OH is 1. The summed E-state index contributed by atoms with van der Waals surface area (Å²) in [6, 6.07) is 13.6. The van der Waals surface area contributed by atoms with E-state index in [4.69, 9.17) is 16.3 Å². The third kappa shape index (κ3) is 3.49. The number of pyridine rings is 1. The Labute approximate surface area is 182 Å². The van der Waals surface area contributed by atoms with Gasteiger partial charge in [-0.1, -0.05) is 29.8 Å². The van der Waals surface area contributed by atoms with Crippen LogP contribution in [-0.4, -0.2) is 34.0 Å². The average Bonchev–Trinajstić information content (AvgIpc) is 3.06. The summed E-state index contributed by atoms with van der Waals surface area (Å²) in [5.74, 6) is -2.17. The van der Waals surface area contributed by atoms with Crippen molar-refractivity contribution in [1.29, 1.82) is 0 Å². The Balaban J connectivity index is 2.00. The van der Waals surface area contributed by atoms with Crippen LogP contribution >= 0.6 is 11.6 Å². The molecule has 0 spiro atoms. The lowest BCUT2D eigenvalue weighted by Crippen LogP contribution is -2.29. The molecule has 2 N–H and O–H groups in total. The minimum Gasteiger partial charge on any atom is -0.507 e. The molecule has 0 bridgehead atoms. The van der Waals surface area contributed by atoms with Crippen LogP contribution in [0.4, 0.5) is 5.69 Å². The molecule has 1 saturated heterocycles. The average molecular weight is 437 g/mol. The third-order valence-electron chi connectivity index (χ3n) is 5.02. The molecular formula is C23H17ClN2O5. The Kier molecular flexibility index (Phi) is 5.35. The minimum absolute atomic E-state index is 0.0167. The summed E-state index contributed by atoms with van der Waals surface area (Å²) in [4.78, 5) is 31.3. The van der Waals surface area contributed by atoms with Crippen molar-refractivity contribution >= 4 is 34.7 Å². The molecule has 8 heteroatoms. The SMILES string of the molecule is COc1cc(C2/C(=C(\O)c3ccncc3)C(=O)C(=O)N2c2ccccc2)cc(Cl)c1O. The van der Waals surface area contributed by atoms with Gasteiger partial charge in [-0.15, -0.1) is 0 Å². The standard InChI is InChI=1S/C23H17ClN2O5/c1-31-17-12-14(11-16(24)21(17)28)19-18(20(27)13-7-9-25-10-8-13)22(29)23(30)26(19)15-5-3-2-4-6-15/h2-12,19,27-28H,1H3/b20-18+. The maximum absolute atomic E-state index is 13.1. The van der Waals surface area contributed by atoms with Crippen LogP contribution in [-0.2, 0) is 9.59 Å². The molecule has 0 aliphatic carbocycles. The number of Topliss-reactive ketones (excluding diaryl/α,β-unsaturated/α-hetero) is 1. The number of aliphatic hydroxyl groups is 1. The van der Waals surface area contributed by atoms with Gasteiger partial charge in [0.15, 0.2) is 11.5 Å². The topological polar surface area (TPSA) is 100.0 Å². The normalized spacial score (nSPS) is 17.7. The molecule has 1 unspecified atom stereocenters. The van der Waals surface area contributed by atoms with Crippen molar-refractivity contribution < 1.29 is 24.5 Å². The molecule has 1 atom stereocenters. The second kappa shape index (κ2) is 8.12. The van der Waals surface area contributed by atoms with E-state index < -0.39 is 17.7 Å². The molecule has 0 radical (unpaired) electrons. The zero-order chi connectivity index (χ0) is 22.1. The molecule has 1 amide bonds. The van der Waals surface area contributed by atoms with Crippen molar-refractivity contribution in [3.8, 4) is 11.5 Å². The molecule has 1 aliphatic heterocycles. The smallest absolute Gasteiger partial charge is 0.300 e. The number of amides is 1. The number of aromatic nitrogens is 1. The first-order valence-electron chi connectivity index (χ1n) is 9.27. The first kappa shape index (κ1) is 20.4. The first-order chi connectivity index (χ1) is 14.9. The van der Waals surface area contributed by atoms with E-state index >= 15 is 0 Å². The summed E-state index contributed by atoms with van der Waals surface area (Å²) >= 11 is 6.18. The number of phenolic OH excluding ortho intramolecular Hbond substituents is 1. The van der Waals surface area contributed by atoms with Crippen LogP contribution in [0.3, 0.4) is 0 Å². The summed E-state index contributed by atoms with van der Waals surface area (Å²) in [5, 5.41) is 21.1. The Hall–Kier alpha value is -3.84. The number of carbonyl (C=O) groups is 2. The predicted molar refractivity (Wildman–Crippen MR) is 115 cm³/mol. The molecule has 4 rings (SSSR count). The van der Waals surface area contributed by atoms with Crippen LogP contribution < -0.4 is 9.64 Å². The van der Waals surface area contributed by atoms with E-state index in [1.807, 2.05) is 0 Å². The van der Waals surface area contributed by atoms with E-state index in [2.05, 4.69) is 4.98 Å². The number of hydrogen-bond donors (Lipinski definition) is 2. The van der Waals surface area contributed by atoms with Gasteiger partial charge in [0.25, 0.3) is 11.7 Å². The van der Waals surface area contributed by atoms with Gasteiger partial charge in [-0.25, -0.2) is 0 Å². The number of phenols is 1. The molecule has 2 aromatic carbocycles. The van der Waals surface area contributed by atoms with Crippen molar-refractivity contribution in [2.45, 2.75) is 6.04 Å². The number of rotatable bonds is 4. The molecule has 7 nitrogen and oxygen atoms in total. The molecular weight excluding hydrogens is 420 g/mol. The van der Waals surface area contributed by atoms with Crippen LogP contribution in [0, 0.1) is 0 Å². The van der Waals surface area contributed by atoms with Gasteiger partial charge in [0.05, 0.1) is 23.7 Å². The fraction of sp³-hybridized carbons (Fsp3) is 0.0870. The minimum atomic E-state index is -0.998. The molecule has 1 aliphatic rings. The second-order valence-corrected chi connectivity index (χ2v) is 7.20. The molecule has 1 fully saturated rings. The number of aromatic hydroxyl groups is 1. The lowest BCUT2D eigenvalue weighted by Gasteiger charge is -2.26. The summed E-state index contributed by atoms with van der Waals surface area (Å²) in [6.07, 6.45) is 2.94. The zero-order valence-electron chi connectivity index (χ0n) is 16.3. The number of methoxy groups -OCH3 is 1. The van der Waals surface area contributed by atoms with Crippen molar-refractivity contribution in [3.63, 3.8) is 0 Å². The fourth-order valence-electron chi connectivity index (χ4n) is 3.58. The molecule has 3 aromatic rings. The van der Waals surface area contributed by atoms with Gasteiger partial charge in [0.1, 0.15) is 5.76 Å². The number of nitrogens with zero attached hydrogens (tertiary/aromatic N) is 2. The quantitative estimate of drug-likeness (QED) is 0.363. The van der Waals surface area contributed by atoms with Crippen LogP contribution in [0.2, 0.25) is 5.02 Å². The summed E-state index contributed by atoms with van der Waals surface area (Å²) in [7, 11) is 1.36. The number of benzene rings is 2. The van der Waals surface area contributed by atoms with Crippen LogP contribution in [0.5, 0.6) is 11.5 Å². The maximum Gasteiger partial charge on any atom is 0.300 e. The number of ether oxygens (including phenoxy) is 1. The molecule has 156 valence electrons. The summed E-state index contributed by atoms with van der Waals surface area (Å²) in [5.41, 5.74) is 1.08. The van der Waals surface area contributed by atoms with Gasteiger partial charge < -0.3 is 14.9 Å². The van der Waals surface area contributed by atoms with Gasteiger partial charge >= 0.3 is 0 Å². The first-order valence-corrected chi connectivity index (χ1v) is 9.64. The van der Waals surface area contributed by atoms with Gasteiger partial charge in [-0.2, -0.15) is 0 Å². The Morgan fingerprint density at radius 1 is 1.10 bits per heavy atom. The van der Waals surface area contributed by atoms with Crippen molar-refractivity contribution in [3.05, 3.63) is 88.7 Å². The lowest BCUT2D eigenvalue weighted by molar-refractivity contribution is -0.132. The lowest BCUT2D eigenvalue weighted by atomic mass is 9.95. The highest BCUT2D eigenvalue weighted by Gasteiger charge is 2.47. The van der Waals surface area contributed by atoms with Crippen LogP contribution in [0.25, 0.3) is 5.76 Å². The van der Waals surface area contributed by atoms with Gasteiger partial charge in [0.2, 0.25) is 0 Å². The number of anilines is 1. The van der Waals surface area contributed by atoms with Crippen LogP contribution in [0.1, 0.15) is 17.2 Å². The predicted octanol–water partition coefficient (Wildman–Crippen LogP) is 4.08. The summed E-state index contributed by atoms with van der Waals surface area (Å²) < 4.78 is 5.19. The Morgan fingerprint density at radius 2 is 1.77 bits per heavy atom. The summed E-state index contributed by atoms with van der Waals surface area (Å²) in [6.45, 7) is 0. The van der Waals surface area contributed by atoms with E-state index in [1.165, 1.54) is 48.7 Å². The Bertz CT molecular complexity index is 1200. The third-order valence-corrected chi connectivity index (χ3v) is 5.31. The van der Waals surface area contributed by atoms with Gasteiger partial charge in [-0.05, 0) is 42.0 Å². The van der Waals surface area contributed by atoms with E-state index in [9.17, 15) is 19.8 Å². The van der Waals surface area contributed by atoms with E-state index in [0.717, 1.165) is 0 Å². The molecule has 2 heterocycles. The largest absolute Gasteiger partial charge is 0.507 e. The number of ketones is 1. The fourth-order valence-corrected chi connectivity index (χ4v) is 3.79. The maximum atomic E-state index is 13.1. The molecule has 1 aromatic heterocycles. The Morgan fingerprint density at radius 3 is 2.42 bits per heavy atom. The highest BCUT2D eigenvalue weighted by Crippen LogP contribution is 2.45. The van der Waals surface area contributed by atoms with Crippen molar-refractivity contribution in [2.75, 3.05) is 12.0 Å². The highest BCUT2D eigenvalue weighted by molar-refractivity contribution is 6.51. The van der Waals surface area contributed by atoms with Crippen LogP contribution in [0.15, 0.2) is 72.6 Å². The monoisotopic (exact) mass is 436 g/mol. The molecule has 31 heavy (non-hydrogen) atoms. The number of hydrogen-bond acceptors (Lipinski definition) is 6. The van der Waals surface area contributed by atoms with E-state index in [1.54, 1.807) is 30.3 Å². The highest BCUT2D eigenvalue weighted by atomic mass is 35.5.